The van der Waals surface area contributed by atoms with Gasteiger partial charge in [0.25, 0.3) is 0 Å². The summed E-state index contributed by atoms with van der Waals surface area (Å²) in [6, 6.07) is 2.62. The van der Waals surface area contributed by atoms with Crippen LogP contribution in [0.1, 0.15) is 22.3 Å². The molecule has 0 aromatic heterocycles. The van der Waals surface area contributed by atoms with E-state index in [-0.39, 0.29) is 12.0 Å². The van der Waals surface area contributed by atoms with E-state index in [0.29, 0.717) is 6.07 Å². The van der Waals surface area contributed by atoms with Gasteiger partial charge in [-0.25, -0.2) is 0 Å². The van der Waals surface area contributed by atoms with Gasteiger partial charge in [-0.05, 0) is 25.1 Å². The number of ketones is 1. The minimum atomic E-state index is -4.67. The van der Waals surface area contributed by atoms with Gasteiger partial charge in [0.1, 0.15) is 5.75 Å². The molecular weight excluding hydrogens is 209 g/mol. The number of carbonyl (C=O) groups is 1. The van der Waals surface area contributed by atoms with E-state index in [9.17, 15) is 18.0 Å². The Kier molecular flexibility index (Phi) is 3.02. The lowest BCUT2D eigenvalue weighted by Crippen LogP contribution is -2.07. The second-order valence-electron chi connectivity index (χ2n) is 2.90. The number of hydrogen-bond donors (Lipinski definition) is 1. The molecule has 0 aliphatic heterocycles. The van der Waals surface area contributed by atoms with Crippen LogP contribution in [0.4, 0.5) is 13.2 Å². The number of phenolic OH excluding ortho intramolecular Hbond substituents is 1. The van der Waals surface area contributed by atoms with Crippen molar-refractivity contribution in [3.05, 3.63) is 36.2 Å². The third kappa shape index (κ3) is 2.49. The van der Waals surface area contributed by atoms with Crippen molar-refractivity contribution >= 4 is 5.78 Å². The van der Waals surface area contributed by atoms with Crippen LogP contribution in [0.2, 0.25) is 0 Å². The third-order valence-corrected chi connectivity index (χ3v) is 1.85. The molecule has 5 heteroatoms. The Labute approximate surface area is 84.3 Å². The van der Waals surface area contributed by atoms with Crippen molar-refractivity contribution in [3.8, 4) is 5.75 Å². The predicted molar refractivity (Wildman–Crippen MR) is 47.4 cm³/mol. The monoisotopic (exact) mass is 217 g/mol. The van der Waals surface area contributed by atoms with Crippen LogP contribution in [0, 0.1) is 6.92 Å². The van der Waals surface area contributed by atoms with E-state index >= 15 is 0 Å². The lowest BCUT2D eigenvalue weighted by Gasteiger charge is -2.09. The van der Waals surface area contributed by atoms with Gasteiger partial charge in [0.05, 0.1) is 5.56 Å². The van der Waals surface area contributed by atoms with Crippen LogP contribution in [-0.2, 0) is 6.18 Å². The van der Waals surface area contributed by atoms with Crippen LogP contribution in [0.5, 0.6) is 5.75 Å². The normalized spacial score (nSPS) is 11.5. The van der Waals surface area contributed by atoms with Gasteiger partial charge in [-0.15, -0.1) is 0 Å². The van der Waals surface area contributed by atoms with Crippen LogP contribution in [0.25, 0.3) is 0 Å². The topological polar surface area (TPSA) is 37.3 Å². The molecule has 0 heterocycles. The van der Waals surface area contributed by atoms with E-state index in [0.717, 1.165) is 12.1 Å². The van der Waals surface area contributed by atoms with Crippen LogP contribution in [0.15, 0.2) is 18.2 Å². The summed E-state index contributed by atoms with van der Waals surface area (Å²) in [5.41, 5.74) is -1.31. The summed E-state index contributed by atoms with van der Waals surface area (Å²) in [7, 11) is 0. The highest BCUT2D eigenvalue weighted by atomic mass is 19.4. The number of phenols is 1. The quantitative estimate of drug-likeness (QED) is 0.773. The molecule has 0 spiro atoms. The molecule has 0 unspecified atom stereocenters. The van der Waals surface area contributed by atoms with Gasteiger partial charge in [0, 0.05) is 12.0 Å². The highest BCUT2D eigenvalue weighted by molar-refractivity contribution is 5.96. The Morgan fingerprint density at radius 2 is 2.00 bits per heavy atom. The van der Waals surface area contributed by atoms with Crippen molar-refractivity contribution in [3.63, 3.8) is 0 Å². The summed E-state index contributed by atoms with van der Waals surface area (Å²) in [6.07, 6.45) is -4.79. The molecule has 1 aromatic carbocycles. The fraction of sp³-hybridized carbons (Fsp3) is 0.200. The highest BCUT2D eigenvalue weighted by Gasteiger charge is 2.34. The summed E-state index contributed by atoms with van der Waals surface area (Å²) in [5, 5.41) is 8.98. The first-order valence-electron chi connectivity index (χ1n) is 4.09. The summed E-state index contributed by atoms with van der Waals surface area (Å²) in [4.78, 5) is 11.1. The zero-order valence-electron chi connectivity index (χ0n) is 7.64. The van der Waals surface area contributed by atoms with Crippen molar-refractivity contribution in [2.75, 3.05) is 0 Å². The van der Waals surface area contributed by atoms with Gasteiger partial charge in [0.15, 0.2) is 5.78 Å². The molecule has 0 bridgehead atoms. The molecule has 1 N–H and O–H groups in total. The lowest BCUT2D eigenvalue weighted by molar-refractivity contribution is -0.138. The molecule has 1 aromatic rings. The van der Waals surface area contributed by atoms with Crippen molar-refractivity contribution < 1.29 is 23.1 Å². The first-order chi connectivity index (χ1) is 6.86. The molecular formula is C10H8F3O2. The molecule has 0 saturated carbocycles. The van der Waals surface area contributed by atoms with Crippen LogP contribution in [0.3, 0.4) is 0 Å². The largest absolute Gasteiger partial charge is 0.507 e. The fourth-order valence-corrected chi connectivity index (χ4v) is 1.08. The zero-order chi connectivity index (χ0) is 11.6. The van der Waals surface area contributed by atoms with Crippen molar-refractivity contribution in [1.82, 2.24) is 0 Å². The maximum Gasteiger partial charge on any atom is 0.419 e. The molecule has 0 fully saturated rings. The first kappa shape index (κ1) is 11.6. The van der Waals surface area contributed by atoms with Gasteiger partial charge in [0.2, 0.25) is 0 Å². The number of hydrogen-bond acceptors (Lipinski definition) is 2. The van der Waals surface area contributed by atoms with E-state index in [4.69, 9.17) is 5.11 Å². The number of alkyl halides is 3. The zero-order valence-corrected chi connectivity index (χ0v) is 7.64. The van der Waals surface area contributed by atoms with Crippen LogP contribution in [-0.4, -0.2) is 10.9 Å². The number of Topliss-reactive ketones (excluding diaryl/α,β-unsaturated/α-hetero) is 1. The number of aromatic hydroxyl groups is 1. The molecule has 0 saturated heterocycles. The van der Waals surface area contributed by atoms with E-state index in [2.05, 4.69) is 6.92 Å². The molecule has 0 aliphatic carbocycles. The number of carbonyl (C=O) groups excluding carboxylic acids is 1. The molecule has 0 atom stereocenters. The minimum absolute atomic E-state index is 0.102. The van der Waals surface area contributed by atoms with Gasteiger partial charge < -0.3 is 5.11 Å². The maximum atomic E-state index is 12.3. The van der Waals surface area contributed by atoms with Gasteiger partial charge in [-0.2, -0.15) is 13.2 Å². The predicted octanol–water partition coefficient (Wildman–Crippen LogP) is 2.82. The van der Waals surface area contributed by atoms with Crippen LogP contribution >= 0.6 is 0 Å². The number of benzene rings is 1. The van der Waals surface area contributed by atoms with Crippen molar-refractivity contribution in [1.29, 1.82) is 0 Å². The Balaban J connectivity index is 3.23. The van der Waals surface area contributed by atoms with Crippen molar-refractivity contribution in [2.24, 2.45) is 0 Å². The highest BCUT2D eigenvalue weighted by Crippen LogP contribution is 2.36. The van der Waals surface area contributed by atoms with E-state index < -0.39 is 23.3 Å². The van der Waals surface area contributed by atoms with E-state index in [1.54, 1.807) is 0 Å². The number of halogens is 3. The summed E-state index contributed by atoms with van der Waals surface area (Å²) >= 11 is 0. The average molecular weight is 217 g/mol. The van der Waals surface area contributed by atoms with Crippen molar-refractivity contribution in [2.45, 2.75) is 12.6 Å². The second-order valence-corrected chi connectivity index (χ2v) is 2.90. The second kappa shape index (κ2) is 3.92. The Hall–Kier alpha value is -1.52. The molecule has 1 radical (unpaired) electrons. The first-order valence-corrected chi connectivity index (χ1v) is 4.09. The van der Waals surface area contributed by atoms with Gasteiger partial charge in [-0.3, -0.25) is 4.79 Å². The third-order valence-electron chi connectivity index (χ3n) is 1.85. The number of rotatable bonds is 2. The fourth-order valence-electron chi connectivity index (χ4n) is 1.08. The molecule has 0 amide bonds. The molecule has 15 heavy (non-hydrogen) atoms. The summed E-state index contributed by atoms with van der Waals surface area (Å²) < 4.78 is 36.9. The minimum Gasteiger partial charge on any atom is -0.507 e. The SMILES string of the molecule is [CH2]CC(=O)c1ccc(O)c(C(F)(F)F)c1. The Morgan fingerprint density at radius 1 is 1.40 bits per heavy atom. The molecule has 2 nitrogen and oxygen atoms in total. The van der Waals surface area contributed by atoms with Gasteiger partial charge in [-0.1, -0.05) is 0 Å². The smallest absolute Gasteiger partial charge is 0.419 e. The molecule has 1 rings (SSSR count). The lowest BCUT2D eigenvalue weighted by atomic mass is 10.0. The molecule has 0 aliphatic rings. The van der Waals surface area contributed by atoms with Crippen LogP contribution < -0.4 is 0 Å². The van der Waals surface area contributed by atoms with E-state index in [1.807, 2.05) is 0 Å². The van der Waals surface area contributed by atoms with E-state index in [1.165, 1.54) is 0 Å². The average Bonchev–Trinajstić information content (AvgIpc) is 2.15. The maximum absolute atomic E-state index is 12.3. The standard InChI is InChI=1S/C10H8F3O2/c1-2-8(14)6-3-4-9(15)7(5-6)10(11,12)13/h3-5,15H,1-2H2. The Morgan fingerprint density at radius 3 is 2.47 bits per heavy atom. The van der Waals surface area contributed by atoms with Gasteiger partial charge >= 0.3 is 6.18 Å². The Bertz CT molecular complexity index is 383. The molecule has 81 valence electrons. The summed E-state index contributed by atoms with van der Waals surface area (Å²) in [6.45, 7) is 3.28. The summed E-state index contributed by atoms with van der Waals surface area (Å²) in [5.74, 6) is -1.39.